The Morgan fingerprint density at radius 3 is 2.67 bits per heavy atom. The number of carbonyl (C=O) groups excluding carboxylic acids is 1. The van der Waals surface area contributed by atoms with E-state index in [0.29, 0.717) is 6.42 Å². The molecule has 0 aliphatic rings. The lowest BCUT2D eigenvalue weighted by Crippen LogP contribution is -2.21. The molecule has 0 aromatic heterocycles. The molecule has 3 nitrogen and oxygen atoms in total. The smallest absolute Gasteiger partial charge is 0.335 e. The predicted octanol–water partition coefficient (Wildman–Crippen LogP) is 2.44. The van der Waals surface area contributed by atoms with Crippen LogP contribution in [-0.4, -0.2) is 23.8 Å². The van der Waals surface area contributed by atoms with E-state index in [0.717, 1.165) is 6.42 Å². The van der Waals surface area contributed by atoms with E-state index in [-0.39, 0.29) is 6.61 Å². The molecule has 0 bridgehead atoms. The minimum atomic E-state index is -0.974. The Kier molecular flexibility index (Phi) is 9.18. The van der Waals surface area contributed by atoms with Crippen molar-refractivity contribution >= 4 is 5.97 Å². The molecule has 0 aliphatic carbocycles. The Hall–Kier alpha value is -0.830. The molecule has 0 saturated carbocycles. The van der Waals surface area contributed by atoms with Gasteiger partial charge in [-0.25, -0.2) is 4.79 Å². The van der Waals surface area contributed by atoms with Crippen LogP contribution < -0.4 is 0 Å². The number of rotatable bonds is 8. The molecule has 0 amide bonds. The second-order valence-electron chi connectivity index (χ2n) is 3.52. The van der Waals surface area contributed by atoms with Crippen molar-refractivity contribution in [3.8, 4) is 0 Å². The number of hydrogen-bond donors (Lipinski definition) is 1. The number of allylic oxidation sites excluding steroid dienone is 1. The van der Waals surface area contributed by atoms with Gasteiger partial charge in [0.05, 0.1) is 0 Å². The van der Waals surface area contributed by atoms with E-state index < -0.39 is 12.1 Å². The summed E-state index contributed by atoms with van der Waals surface area (Å²) in [6.07, 6.45) is 7.93. The molecule has 0 aliphatic heterocycles. The molecule has 0 heterocycles. The molecule has 0 spiro atoms. The quantitative estimate of drug-likeness (QED) is 0.383. The van der Waals surface area contributed by atoms with E-state index in [4.69, 9.17) is 9.84 Å². The summed E-state index contributed by atoms with van der Waals surface area (Å²) in [5.74, 6) is -0.532. The minimum absolute atomic E-state index is 0.266. The van der Waals surface area contributed by atoms with Crippen molar-refractivity contribution in [2.24, 2.45) is 0 Å². The Morgan fingerprint density at radius 2 is 2.07 bits per heavy atom. The van der Waals surface area contributed by atoms with Crippen LogP contribution in [-0.2, 0) is 9.53 Å². The highest BCUT2D eigenvalue weighted by molar-refractivity contribution is 5.74. The maximum absolute atomic E-state index is 11.0. The van der Waals surface area contributed by atoms with Crippen molar-refractivity contribution in [3.63, 3.8) is 0 Å². The van der Waals surface area contributed by atoms with Gasteiger partial charge in [0.2, 0.25) is 0 Å². The first-order chi connectivity index (χ1) is 7.22. The number of unbranched alkanes of at least 4 members (excludes halogenated alkanes) is 3. The monoisotopic (exact) mass is 214 g/mol. The Balaban J connectivity index is 3.40. The third-order valence-corrected chi connectivity index (χ3v) is 2.12. The summed E-state index contributed by atoms with van der Waals surface area (Å²) in [6.45, 7) is 4.17. The summed E-state index contributed by atoms with van der Waals surface area (Å²) in [4.78, 5) is 11.0. The second kappa shape index (κ2) is 9.71. The van der Waals surface area contributed by atoms with Crippen molar-refractivity contribution in [1.82, 2.24) is 0 Å². The Labute approximate surface area is 92.1 Å². The lowest BCUT2D eigenvalue weighted by molar-refractivity contribution is -0.152. The molecule has 0 aromatic rings. The summed E-state index contributed by atoms with van der Waals surface area (Å²) in [5, 5.41) is 9.10. The lowest BCUT2D eigenvalue weighted by atomic mass is 10.2. The molecule has 3 heteroatoms. The summed E-state index contributed by atoms with van der Waals surface area (Å²) in [7, 11) is 0. The molecular weight excluding hydrogens is 192 g/mol. The molecule has 88 valence electrons. The van der Waals surface area contributed by atoms with Gasteiger partial charge >= 0.3 is 5.97 Å². The van der Waals surface area contributed by atoms with Crippen LogP contribution in [0.1, 0.15) is 46.0 Å². The highest BCUT2D eigenvalue weighted by Gasteiger charge is 2.12. The summed E-state index contributed by atoms with van der Waals surface area (Å²) >= 11 is 0. The summed E-state index contributed by atoms with van der Waals surface area (Å²) in [6, 6.07) is 0. The maximum atomic E-state index is 11.0. The van der Waals surface area contributed by atoms with Gasteiger partial charge in [0.15, 0.2) is 6.10 Å². The van der Waals surface area contributed by atoms with Crippen molar-refractivity contribution < 1.29 is 14.6 Å². The van der Waals surface area contributed by atoms with Gasteiger partial charge in [-0.3, -0.25) is 0 Å². The van der Waals surface area contributed by atoms with Crippen molar-refractivity contribution in [1.29, 1.82) is 0 Å². The van der Waals surface area contributed by atoms with Gasteiger partial charge in [0.25, 0.3) is 0 Å². The normalized spacial score (nSPS) is 13.0. The van der Waals surface area contributed by atoms with Crippen LogP contribution in [0.25, 0.3) is 0 Å². The number of esters is 1. The standard InChI is InChI=1S/C12H22O3/c1-3-5-6-7-8-9-10-15-12(14)11(13)4-2/h8-9,11,13H,3-7,10H2,1-2H3/b9-8+/t11-/m0/s1. The van der Waals surface area contributed by atoms with E-state index in [1.54, 1.807) is 6.92 Å². The van der Waals surface area contributed by atoms with Crippen LogP contribution >= 0.6 is 0 Å². The summed E-state index contributed by atoms with van der Waals surface area (Å²) in [5.41, 5.74) is 0. The number of ether oxygens (including phenoxy) is 1. The van der Waals surface area contributed by atoms with Gasteiger partial charge in [0.1, 0.15) is 6.61 Å². The molecule has 0 rings (SSSR count). The van der Waals surface area contributed by atoms with Gasteiger partial charge in [0, 0.05) is 0 Å². The molecular formula is C12H22O3. The van der Waals surface area contributed by atoms with Crippen molar-refractivity contribution in [2.45, 2.75) is 52.1 Å². The van der Waals surface area contributed by atoms with Gasteiger partial charge in [-0.2, -0.15) is 0 Å². The summed E-state index contributed by atoms with van der Waals surface area (Å²) < 4.78 is 4.83. The molecule has 0 saturated heterocycles. The Bertz CT molecular complexity index is 187. The lowest BCUT2D eigenvalue weighted by Gasteiger charge is -2.05. The average Bonchev–Trinajstić information content (AvgIpc) is 2.26. The zero-order chi connectivity index (χ0) is 11.5. The first-order valence-corrected chi connectivity index (χ1v) is 5.72. The molecule has 0 unspecified atom stereocenters. The second-order valence-corrected chi connectivity index (χ2v) is 3.52. The fraction of sp³-hybridized carbons (Fsp3) is 0.750. The largest absolute Gasteiger partial charge is 0.460 e. The average molecular weight is 214 g/mol. The molecule has 0 radical (unpaired) electrons. The van der Waals surface area contributed by atoms with Crippen LogP contribution in [0, 0.1) is 0 Å². The van der Waals surface area contributed by atoms with E-state index in [1.807, 2.05) is 12.2 Å². The molecule has 15 heavy (non-hydrogen) atoms. The van der Waals surface area contributed by atoms with Crippen molar-refractivity contribution in [3.05, 3.63) is 12.2 Å². The topological polar surface area (TPSA) is 46.5 Å². The van der Waals surface area contributed by atoms with Crippen LogP contribution in [0.4, 0.5) is 0 Å². The highest BCUT2D eigenvalue weighted by atomic mass is 16.5. The fourth-order valence-electron chi connectivity index (χ4n) is 1.09. The van der Waals surface area contributed by atoms with Crippen LogP contribution in [0.2, 0.25) is 0 Å². The number of aliphatic hydroxyl groups is 1. The van der Waals surface area contributed by atoms with Crippen molar-refractivity contribution in [2.75, 3.05) is 6.61 Å². The zero-order valence-electron chi connectivity index (χ0n) is 9.74. The van der Waals surface area contributed by atoms with Crippen LogP contribution in [0.15, 0.2) is 12.2 Å². The van der Waals surface area contributed by atoms with Gasteiger partial charge < -0.3 is 9.84 Å². The van der Waals surface area contributed by atoms with E-state index in [9.17, 15) is 4.79 Å². The highest BCUT2D eigenvalue weighted by Crippen LogP contribution is 1.99. The van der Waals surface area contributed by atoms with E-state index in [2.05, 4.69) is 6.92 Å². The van der Waals surface area contributed by atoms with Gasteiger partial charge in [-0.05, 0) is 19.3 Å². The van der Waals surface area contributed by atoms with Gasteiger partial charge in [-0.1, -0.05) is 38.8 Å². The fourth-order valence-corrected chi connectivity index (χ4v) is 1.09. The van der Waals surface area contributed by atoms with Crippen LogP contribution in [0.3, 0.4) is 0 Å². The van der Waals surface area contributed by atoms with Gasteiger partial charge in [-0.15, -0.1) is 0 Å². The maximum Gasteiger partial charge on any atom is 0.335 e. The first kappa shape index (κ1) is 14.2. The molecule has 0 fully saturated rings. The number of aliphatic hydroxyl groups excluding tert-OH is 1. The third kappa shape index (κ3) is 8.18. The zero-order valence-corrected chi connectivity index (χ0v) is 9.74. The van der Waals surface area contributed by atoms with E-state index in [1.165, 1.54) is 19.3 Å². The molecule has 0 aromatic carbocycles. The number of hydrogen-bond acceptors (Lipinski definition) is 3. The Morgan fingerprint density at radius 1 is 1.33 bits per heavy atom. The minimum Gasteiger partial charge on any atom is -0.460 e. The SMILES string of the molecule is CCCCC/C=C/COC(=O)[C@@H](O)CC. The molecule has 1 atom stereocenters. The first-order valence-electron chi connectivity index (χ1n) is 5.72. The van der Waals surface area contributed by atoms with Crippen LogP contribution in [0.5, 0.6) is 0 Å². The predicted molar refractivity (Wildman–Crippen MR) is 60.5 cm³/mol. The third-order valence-electron chi connectivity index (χ3n) is 2.12. The molecule has 1 N–H and O–H groups in total. The van der Waals surface area contributed by atoms with E-state index >= 15 is 0 Å². The number of carbonyl (C=O) groups is 1.